The van der Waals surface area contributed by atoms with Crippen LogP contribution in [0.15, 0.2) is 72.8 Å². The second kappa shape index (κ2) is 8.76. The van der Waals surface area contributed by atoms with E-state index in [9.17, 15) is 13.2 Å². The monoisotopic (exact) mass is 449 g/mol. The Balaban J connectivity index is 1.84. The minimum absolute atomic E-state index is 0.0434. The van der Waals surface area contributed by atoms with Crippen LogP contribution in [0.3, 0.4) is 0 Å². The summed E-state index contributed by atoms with van der Waals surface area (Å²) in [5, 5.41) is 6.24. The molecule has 164 valence electrons. The number of ether oxygens (including phenoxy) is 1. The first kappa shape index (κ1) is 21.5. The van der Waals surface area contributed by atoms with E-state index in [1.165, 1.54) is 0 Å². The van der Waals surface area contributed by atoms with E-state index in [2.05, 4.69) is 15.4 Å². The second-order valence-electron chi connectivity index (χ2n) is 7.19. The van der Waals surface area contributed by atoms with Crippen LogP contribution in [0, 0.1) is 0 Å². The van der Waals surface area contributed by atoms with Crippen molar-refractivity contribution in [2.24, 2.45) is 0 Å². The highest BCUT2D eigenvalue weighted by atomic mass is 32.2. The number of rotatable bonds is 7. The molecule has 0 atom stereocenters. The smallest absolute Gasteiger partial charge is 0.258 e. The van der Waals surface area contributed by atoms with Crippen LogP contribution in [0.2, 0.25) is 0 Å². The molecule has 4 rings (SSSR count). The molecular weight excluding hydrogens is 426 g/mol. The zero-order valence-electron chi connectivity index (χ0n) is 17.7. The van der Waals surface area contributed by atoms with E-state index in [1.54, 1.807) is 32.2 Å². The van der Waals surface area contributed by atoms with Gasteiger partial charge in [-0.2, -0.15) is 0 Å². The van der Waals surface area contributed by atoms with Crippen molar-refractivity contribution >= 4 is 44.3 Å². The van der Waals surface area contributed by atoms with Crippen molar-refractivity contribution in [3.05, 3.63) is 83.9 Å². The number of fused-ring (bicyclic) bond motifs is 1. The average Bonchev–Trinajstić information content (AvgIpc) is 3.13. The maximum absolute atomic E-state index is 13.0. The lowest BCUT2D eigenvalue weighted by Crippen LogP contribution is -2.14. The molecule has 0 spiro atoms. The Labute approximate surface area is 187 Å². The molecule has 1 aliphatic rings. The molecule has 1 heterocycles. The molecule has 0 saturated carbocycles. The van der Waals surface area contributed by atoms with Gasteiger partial charge >= 0.3 is 0 Å². The molecule has 1 aliphatic heterocycles. The van der Waals surface area contributed by atoms with Crippen molar-refractivity contribution in [2.45, 2.75) is 6.92 Å². The predicted molar refractivity (Wildman–Crippen MR) is 128 cm³/mol. The van der Waals surface area contributed by atoms with E-state index in [0.717, 1.165) is 17.0 Å². The standard InChI is InChI=1S/C24H23N3O4S/c1-3-32(29,30)27-18-11-14-21-20(15-18)22(24(28)26-21)23(16-7-5-4-6-8-16)25-17-9-12-19(31-2)13-10-17/h4-15,25,27H,3H2,1-2H3,(H,26,28)/b23-22-. The number of hydrogen-bond donors (Lipinski definition) is 3. The molecule has 0 aromatic heterocycles. The Morgan fingerprint density at radius 2 is 1.66 bits per heavy atom. The third-order valence-electron chi connectivity index (χ3n) is 5.09. The van der Waals surface area contributed by atoms with Gasteiger partial charge in [-0.3, -0.25) is 9.52 Å². The van der Waals surface area contributed by atoms with Crippen molar-refractivity contribution in [2.75, 3.05) is 28.2 Å². The van der Waals surface area contributed by atoms with Crippen LogP contribution >= 0.6 is 0 Å². The third-order valence-corrected chi connectivity index (χ3v) is 6.40. The van der Waals surface area contributed by atoms with E-state index in [1.807, 2.05) is 54.6 Å². The normalized spacial score (nSPS) is 14.4. The highest BCUT2D eigenvalue weighted by Crippen LogP contribution is 2.39. The van der Waals surface area contributed by atoms with Gasteiger partial charge in [0.15, 0.2) is 0 Å². The minimum Gasteiger partial charge on any atom is -0.497 e. The zero-order chi connectivity index (χ0) is 22.7. The Hall–Kier alpha value is -3.78. The Morgan fingerprint density at radius 3 is 2.31 bits per heavy atom. The molecule has 1 amide bonds. The van der Waals surface area contributed by atoms with Crippen LogP contribution in [0.25, 0.3) is 11.3 Å². The van der Waals surface area contributed by atoms with Crippen LogP contribution < -0.4 is 20.1 Å². The number of nitrogens with one attached hydrogen (secondary N) is 3. The summed E-state index contributed by atoms with van der Waals surface area (Å²) in [4.78, 5) is 13.0. The number of carbonyl (C=O) groups is 1. The lowest BCUT2D eigenvalue weighted by atomic mass is 9.99. The Bertz CT molecular complexity index is 1280. The quantitative estimate of drug-likeness (QED) is 0.465. The van der Waals surface area contributed by atoms with Gasteiger partial charge in [0.2, 0.25) is 10.0 Å². The lowest BCUT2D eigenvalue weighted by molar-refractivity contribution is -0.110. The van der Waals surface area contributed by atoms with E-state index in [4.69, 9.17) is 4.74 Å². The van der Waals surface area contributed by atoms with Gasteiger partial charge in [0, 0.05) is 22.6 Å². The molecule has 32 heavy (non-hydrogen) atoms. The molecule has 0 unspecified atom stereocenters. The van der Waals surface area contributed by atoms with Crippen LogP contribution in [0.4, 0.5) is 17.1 Å². The van der Waals surface area contributed by atoms with Crippen molar-refractivity contribution < 1.29 is 17.9 Å². The van der Waals surface area contributed by atoms with Crippen molar-refractivity contribution in [3.8, 4) is 5.75 Å². The molecule has 8 heteroatoms. The zero-order valence-corrected chi connectivity index (χ0v) is 18.5. The first-order chi connectivity index (χ1) is 15.4. The molecular formula is C24H23N3O4S. The Kier molecular flexibility index (Phi) is 5.87. The fraction of sp³-hybridized carbons (Fsp3) is 0.125. The van der Waals surface area contributed by atoms with Crippen LogP contribution in [-0.4, -0.2) is 27.2 Å². The summed E-state index contributed by atoms with van der Waals surface area (Å²) >= 11 is 0. The van der Waals surface area contributed by atoms with Gasteiger partial charge in [0.1, 0.15) is 5.75 Å². The lowest BCUT2D eigenvalue weighted by Gasteiger charge is -2.15. The molecule has 7 nitrogen and oxygen atoms in total. The summed E-state index contributed by atoms with van der Waals surface area (Å²) in [6.07, 6.45) is 0. The second-order valence-corrected chi connectivity index (χ2v) is 9.20. The third kappa shape index (κ3) is 4.45. The summed E-state index contributed by atoms with van der Waals surface area (Å²) in [6.45, 7) is 1.57. The summed E-state index contributed by atoms with van der Waals surface area (Å²) in [5.41, 5.74) is 4.28. The summed E-state index contributed by atoms with van der Waals surface area (Å²) in [5.74, 6) is 0.412. The molecule has 0 aliphatic carbocycles. The van der Waals surface area contributed by atoms with E-state index in [-0.39, 0.29) is 11.7 Å². The number of benzene rings is 3. The average molecular weight is 450 g/mol. The first-order valence-corrected chi connectivity index (χ1v) is 11.7. The fourth-order valence-electron chi connectivity index (χ4n) is 3.43. The fourth-order valence-corrected chi connectivity index (χ4v) is 4.06. The van der Waals surface area contributed by atoms with Gasteiger partial charge in [-0.25, -0.2) is 8.42 Å². The van der Waals surface area contributed by atoms with Crippen LogP contribution in [0.5, 0.6) is 5.75 Å². The van der Waals surface area contributed by atoms with Crippen molar-refractivity contribution in [3.63, 3.8) is 0 Å². The summed E-state index contributed by atoms with van der Waals surface area (Å²) < 4.78 is 31.8. The van der Waals surface area contributed by atoms with Gasteiger partial charge in [-0.05, 0) is 55.0 Å². The number of amides is 1. The molecule has 0 saturated heterocycles. The van der Waals surface area contributed by atoms with Gasteiger partial charge in [0.05, 0.1) is 24.1 Å². The maximum atomic E-state index is 13.0. The largest absolute Gasteiger partial charge is 0.497 e. The van der Waals surface area contributed by atoms with E-state index < -0.39 is 10.0 Å². The van der Waals surface area contributed by atoms with Crippen molar-refractivity contribution in [1.29, 1.82) is 0 Å². The minimum atomic E-state index is -3.45. The van der Waals surface area contributed by atoms with Crippen LogP contribution in [0.1, 0.15) is 18.1 Å². The summed E-state index contributed by atoms with van der Waals surface area (Å²) in [7, 11) is -1.85. The highest BCUT2D eigenvalue weighted by Gasteiger charge is 2.29. The molecule has 0 radical (unpaired) electrons. The van der Waals surface area contributed by atoms with Gasteiger partial charge in [-0.15, -0.1) is 0 Å². The van der Waals surface area contributed by atoms with Crippen LogP contribution in [-0.2, 0) is 14.8 Å². The molecule has 3 aromatic rings. The SMILES string of the molecule is CCS(=O)(=O)Nc1ccc2c(c1)/C(=C(/Nc1ccc(OC)cc1)c1ccccc1)C(=O)N2. The van der Waals surface area contributed by atoms with E-state index in [0.29, 0.717) is 28.2 Å². The number of hydrogen-bond acceptors (Lipinski definition) is 5. The maximum Gasteiger partial charge on any atom is 0.258 e. The number of anilines is 3. The predicted octanol–water partition coefficient (Wildman–Crippen LogP) is 4.39. The van der Waals surface area contributed by atoms with Crippen molar-refractivity contribution in [1.82, 2.24) is 0 Å². The van der Waals surface area contributed by atoms with Gasteiger partial charge in [-0.1, -0.05) is 30.3 Å². The van der Waals surface area contributed by atoms with Gasteiger partial charge < -0.3 is 15.4 Å². The highest BCUT2D eigenvalue weighted by molar-refractivity contribution is 7.92. The number of methoxy groups -OCH3 is 1. The number of carbonyl (C=O) groups excluding carboxylic acids is 1. The number of sulfonamides is 1. The molecule has 0 fully saturated rings. The topological polar surface area (TPSA) is 96.5 Å². The van der Waals surface area contributed by atoms with E-state index >= 15 is 0 Å². The Morgan fingerprint density at radius 1 is 0.969 bits per heavy atom. The first-order valence-electron chi connectivity index (χ1n) is 10.1. The molecule has 3 aromatic carbocycles. The molecule has 0 bridgehead atoms. The van der Waals surface area contributed by atoms with Gasteiger partial charge in [0.25, 0.3) is 5.91 Å². The summed E-state index contributed by atoms with van der Waals surface area (Å²) in [6, 6.07) is 21.9. The molecule has 3 N–H and O–H groups in total.